The number of hydrogen-bond acceptors (Lipinski definition) is 6. The minimum absolute atomic E-state index is 0. The number of hydrogen-bond donors (Lipinski definition) is 0. The standard InChI is InChI=1S/C2O6.3Mn/c3-1(4,5)2(6,7)8;;;/q-6;3*+2. The molecule has 9 heteroatoms. The molecule has 3 radical (unpaired) electrons. The molecule has 0 heterocycles. The fourth-order valence-corrected chi connectivity index (χ4v) is 0. The SMILES string of the molecule is [Mn+2].[Mn+2].[Mn+2].[O-]C([O-])([O-])C([O-])([O-])[O-]. The smallest absolute Gasteiger partial charge is 0.879 e. The first kappa shape index (κ1) is 22.8. The van der Waals surface area contributed by atoms with Crippen molar-refractivity contribution in [3.05, 3.63) is 0 Å². The molecule has 0 aromatic heterocycles. The third kappa shape index (κ3) is 9.23. The Morgan fingerprint density at radius 2 is 0.545 bits per heavy atom. The molecule has 0 saturated heterocycles. The minimum Gasteiger partial charge on any atom is -0.879 e. The molecule has 0 amide bonds. The van der Waals surface area contributed by atoms with Crippen molar-refractivity contribution < 1.29 is 81.8 Å². The van der Waals surface area contributed by atoms with Gasteiger partial charge in [-0.2, -0.15) is 0 Å². The van der Waals surface area contributed by atoms with Gasteiger partial charge in [-0.15, -0.1) is 0 Å². The van der Waals surface area contributed by atoms with Crippen molar-refractivity contribution in [2.45, 2.75) is 11.9 Å². The molecule has 0 spiro atoms. The van der Waals surface area contributed by atoms with Gasteiger partial charge in [-0.3, -0.25) is 0 Å². The van der Waals surface area contributed by atoms with E-state index in [1.807, 2.05) is 0 Å². The van der Waals surface area contributed by atoms with Crippen LogP contribution in [0.2, 0.25) is 0 Å². The predicted octanol–water partition coefficient (Wildman–Crippen LogP) is -7.55. The summed E-state index contributed by atoms with van der Waals surface area (Å²) in [6, 6.07) is 0. The molecule has 0 saturated carbocycles. The molecule has 65 valence electrons. The molecule has 0 unspecified atom stereocenters. The van der Waals surface area contributed by atoms with Gasteiger partial charge in [0.25, 0.3) is 0 Å². The normalized spacial score (nSPS) is 10.4. The van der Waals surface area contributed by atoms with E-state index in [9.17, 15) is 0 Å². The summed E-state index contributed by atoms with van der Waals surface area (Å²) in [5.41, 5.74) is 0. The van der Waals surface area contributed by atoms with Crippen molar-refractivity contribution >= 4 is 0 Å². The molecular weight excluding hydrogens is 285 g/mol. The van der Waals surface area contributed by atoms with Crippen LogP contribution in [0, 0.1) is 0 Å². The summed E-state index contributed by atoms with van der Waals surface area (Å²) in [6.07, 6.45) is 0. The molecule has 0 aliphatic heterocycles. The maximum Gasteiger partial charge on any atom is 2.00 e. The minimum atomic E-state index is -4.98. The van der Waals surface area contributed by atoms with E-state index in [1.54, 1.807) is 0 Å². The van der Waals surface area contributed by atoms with E-state index in [-0.39, 0.29) is 51.2 Å². The first-order chi connectivity index (χ1) is 3.25. The maximum absolute atomic E-state index is 9.08. The van der Waals surface area contributed by atoms with E-state index >= 15 is 0 Å². The van der Waals surface area contributed by atoms with Gasteiger partial charge in [-0.05, 0) is 0 Å². The summed E-state index contributed by atoms with van der Waals surface area (Å²) >= 11 is 0. The van der Waals surface area contributed by atoms with Gasteiger partial charge in [-0.1, -0.05) is 0 Å². The molecule has 0 bridgehead atoms. The Kier molecular flexibility index (Phi) is 14.1. The Morgan fingerprint density at radius 1 is 0.455 bits per heavy atom. The van der Waals surface area contributed by atoms with Crippen LogP contribution in [0.1, 0.15) is 0 Å². The van der Waals surface area contributed by atoms with Crippen LogP contribution in [0.25, 0.3) is 0 Å². The van der Waals surface area contributed by atoms with E-state index in [1.165, 1.54) is 0 Å². The average Bonchev–Trinajstić information content (AvgIpc) is 1.25. The molecule has 0 rings (SSSR count). The Bertz CT molecular complexity index is 70.8. The largest absolute Gasteiger partial charge is 2.00 e. The average molecular weight is 285 g/mol. The summed E-state index contributed by atoms with van der Waals surface area (Å²) in [5, 5.41) is 54.5. The van der Waals surface area contributed by atoms with E-state index < -0.39 is 11.9 Å². The summed E-state index contributed by atoms with van der Waals surface area (Å²) in [4.78, 5) is 0. The first-order valence-electron chi connectivity index (χ1n) is 1.47. The van der Waals surface area contributed by atoms with Crippen LogP contribution in [0.4, 0.5) is 0 Å². The Balaban J connectivity index is -0.0000000817. The van der Waals surface area contributed by atoms with E-state index in [0.29, 0.717) is 0 Å². The van der Waals surface area contributed by atoms with Crippen molar-refractivity contribution in [3.8, 4) is 0 Å². The zero-order valence-corrected chi connectivity index (χ0v) is 8.12. The maximum atomic E-state index is 9.08. The third-order valence-corrected chi connectivity index (χ3v) is 0.375. The van der Waals surface area contributed by atoms with Crippen molar-refractivity contribution in [2.75, 3.05) is 0 Å². The van der Waals surface area contributed by atoms with Gasteiger partial charge in [-0.25, -0.2) is 0 Å². The van der Waals surface area contributed by atoms with Crippen LogP contribution in [0.3, 0.4) is 0 Å². The molecule has 0 aromatic carbocycles. The summed E-state index contributed by atoms with van der Waals surface area (Å²) < 4.78 is 0. The second kappa shape index (κ2) is 6.79. The second-order valence-corrected chi connectivity index (χ2v) is 1.11. The Morgan fingerprint density at radius 3 is 0.545 bits per heavy atom. The quantitative estimate of drug-likeness (QED) is 0.346. The van der Waals surface area contributed by atoms with Crippen LogP contribution in [0.15, 0.2) is 0 Å². The van der Waals surface area contributed by atoms with Crippen molar-refractivity contribution in [1.29, 1.82) is 0 Å². The fraction of sp³-hybridized carbons (Fsp3) is 1.00. The molecule has 0 aliphatic rings. The summed E-state index contributed by atoms with van der Waals surface area (Å²) in [7, 11) is 0. The molecule has 11 heavy (non-hydrogen) atoms. The van der Waals surface area contributed by atoms with Gasteiger partial charge < -0.3 is 42.6 Å². The van der Waals surface area contributed by atoms with Crippen molar-refractivity contribution in [3.63, 3.8) is 0 Å². The van der Waals surface area contributed by atoms with Gasteiger partial charge in [0.15, 0.2) is 0 Å². The number of rotatable bonds is 1. The van der Waals surface area contributed by atoms with Gasteiger partial charge in [0.05, 0.1) is 0 Å². The van der Waals surface area contributed by atoms with Crippen molar-refractivity contribution in [2.24, 2.45) is 0 Å². The summed E-state index contributed by atoms with van der Waals surface area (Å²) in [5.74, 6) is -9.96. The first-order valence-corrected chi connectivity index (χ1v) is 1.47. The van der Waals surface area contributed by atoms with Gasteiger partial charge in [0.2, 0.25) is 0 Å². The van der Waals surface area contributed by atoms with Gasteiger partial charge in [0, 0.05) is 0 Å². The zero-order chi connectivity index (χ0) is 7.00. The monoisotopic (exact) mass is 285 g/mol. The molecule has 0 aromatic rings. The third-order valence-electron chi connectivity index (χ3n) is 0.375. The molecule has 0 fully saturated rings. The van der Waals surface area contributed by atoms with Gasteiger partial charge in [0.1, 0.15) is 0 Å². The summed E-state index contributed by atoms with van der Waals surface area (Å²) in [6.45, 7) is 0. The molecule has 6 nitrogen and oxygen atoms in total. The van der Waals surface area contributed by atoms with Crippen LogP contribution < -0.4 is 30.6 Å². The molecule has 0 atom stereocenters. The van der Waals surface area contributed by atoms with Crippen LogP contribution >= 0.6 is 0 Å². The van der Waals surface area contributed by atoms with Crippen LogP contribution in [0.5, 0.6) is 0 Å². The van der Waals surface area contributed by atoms with Crippen LogP contribution in [-0.2, 0) is 51.2 Å². The fourth-order valence-electron chi connectivity index (χ4n) is 0. The van der Waals surface area contributed by atoms with E-state index in [2.05, 4.69) is 0 Å². The van der Waals surface area contributed by atoms with Crippen LogP contribution in [-0.4, -0.2) is 11.9 Å². The topological polar surface area (TPSA) is 138 Å². The predicted molar refractivity (Wildman–Crippen MR) is 5.46 cm³/mol. The second-order valence-electron chi connectivity index (χ2n) is 1.11. The van der Waals surface area contributed by atoms with Crippen molar-refractivity contribution in [1.82, 2.24) is 0 Å². The molecular formula is C2Mn3O6. The van der Waals surface area contributed by atoms with Gasteiger partial charge >= 0.3 is 51.2 Å². The van der Waals surface area contributed by atoms with E-state index in [4.69, 9.17) is 30.6 Å². The zero-order valence-electron chi connectivity index (χ0n) is 4.58. The Labute approximate surface area is 93.7 Å². The molecule has 0 aliphatic carbocycles. The van der Waals surface area contributed by atoms with E-state index in [0.717, 1.165) is 0 Å². The molecule has 0 N–H and O–H groups in total. The Hall–Kier alpha value is 1.32.